The summed E-state index contributed by atoms with van der Waals surface area (Å²) >= 11 is 0. The van der Waals surface area contributed by atoms with Gasteiger partial charge in [0.05, 0.1) is 16.1 Å². The normalized spacial score (nSPS) is 13.6. The van der Waals surface area contributed by atoms with E-state index in [4.69, 9.17) is 0 Å². The van der Waals surface area contributed by atoms with E-state index in [1.54, 1.807) is 31.2 Å². The predicted octanol–water partition coefficient (Wildman–Crippen LogP) is 3.75. The van der Waals surface area contributed by atoms with Crippen molar-refractivity contribution in [2.45, 2.75) is 19.4 Å². The van der Waals surface area contributed by atoms with Gasteiger partial charge in [-0.25, -0.2) is 0 Å². The van der Waals surface area contributed by atoms with E-state index >= 15 is 0 Å². The van der Waals surface area contributed by atoms with Crippen LogP contribution in [0.2, 0.25) is 0 Å². The number of rotatable bonds is 6. The number of hydrogen-bond donors (Lipinski definition) is 1. The summed E-state index contributed by atoms with van der Waals surface area (Å²) in [4.78, 5) is 50.9. The molecule has 3 amide bonds. The minimum absolute atomic E-state index is 0.0957. The van der Waals surface area contributed by atoms with Crippen LogP contribution in [-0.2, 0) is 11.2 Å². The Morgan fingerprint density at radius 2 is 1.56 bits per heavy atom. The Kier molecular flexibility index (Phi) is 5.51. The van der Waals surface area contributed by atoms with Crippen LogP contribution in [0.5, 0.6) is 0 Å². The Balaban J connectivity index is 1.67. The maximum atomic E-state index is 13.3. The SMILES string of the molecule is Cc1cc([N+](=O)[O-])ccc1NC(=O)[C@H](Cc1ccccc1)N1C(=O)c2ccccc2C1=O. The van der Waals surface area contributed by atoms with Crippen LogP contribution in [-0.4, -0.2) is 33.6 Å². The Morgan fingerprint density at radius 1 is 0.969 bits per heavy atom. The average Bonchev–Trinajstić information content (AvgIpc) is 3.04. The van der Waals surface area contributed by atoms with E-state index in [1.807, 2.05) is 30.3 Å². The molecule has 0 saturated carbocycles. The molecule has 3 aromatic carbocycles. The van der Waals surface area contributed by atoms with E-state index in [-0.39, 0.29) is 23.2 Å². The average molecular weight is 429 g/mol. The number of nitrogens with one attached hydrogen (secondary N) is 1. The number of benzene rings is 3. The number of nitrogens with zero attached hydrogens (tertiary/aromatic N) is 2. The van der Waals surface area contributed by atoms with Crippen LogP contribution in [0.3, 0.4) is 0 Å². The standard InChI is InChI=1S/C24H19N3O5/c1-15-13-17(27(31)32)11-12-20(15)25-22(28)21(14-16-7-3-2-4-8-16)26-23(29)18-9-5-6-10-19(18)24(26)30/h2-13,21H,14H2,1H3,(H,25,28)/t21-/m0/s1. The lowest BCUT2D eigenvalue weighted by atomic mass is 10.0. The fourth-order valence-electron chi connectivity index (χ4n) is 3.75. The highest BCUT2D eigenvalue weighted by Gasteiger charge is 2.42. The van der Waals surface area contributed by atoms with Crippen LogP contribution in [0.15, 0.2) is 72.8 Å². The molecule has 0 fully saturated rings. The van der Waals surface area contributed by atoms with E-state index in [0.717, 1.165) is 10.5 Å². The second-order valence-corrected chi connectivity index (χ2v) is 7.48. The number of fused-ring (bicyclic) bond motifs is 1. The molecule has 1 atom stereocenters. The predicted molar refractivity (Wildman–Crippen MR) is 117 cm³/mol. The fraction of sp³-hybridized carbons (Fsp3) is 0.125. The number of non-ortho nitro benzene ring substituents is 1. The third-order valence-corrected chi connectivity index (χ3v) is 5.39. The van der Waals surface area contributed by atoms with Crippen molar-refractivity contribution >= 4 is 29.1 Å². The van der Waals surface area contributed by atoms with Gasteiger partial charge in [0.25, 0.3) is 17.5 Å². The zero-order chi connectivity index (χ0) is 22.8. The third kappa shape index (κ3) is 3.85. The van der Waals surface area contributed by atoms with Crippen molar-refractivity contribution in [1.82, 2.24) is 4.90 Å². The number of anilines is 1. The summed E-state index contributed by atoms with van der Waals surface area (Å²) in [5.41, 5.74) is 2.07. The second-order valence-electron chi connectivity index (χ2n) is 7.48. The van der Waals surface area contributed by atoms with Gasteiger partial charge in [-0.3, -0.25) is 29.4 Å². The topological polar surface area (TPSA) is 110 Å². The van der Waals surface area contributed by atoms with Crippen molar-refractivity contribution in [3.8, 4) is 0 Å². The molecule has 4 rings (SSSR count). The van der Waals surface area contributed by atoms with Gasteiger partial charge in [-0.2, -0.15) is 0 Å². The van der Waals surface area contributed by atoms with Crippen molar-refractivity contribution in [2.24, 2.45) is 0 Å². The number of aryl methyl sites for hydroxylation is 1. The Morgan fingerprint density at radius 3 is 2.12 bits per heavy atom. The molecule has 1 aliphatic rings. The van der Waals surface area contributed by atoms with Gasteiger partial charge in [-0.05, 0) is 36.2 Å². The van der Waals surface area contributed by atoms with Crippen molar-refractivity contribution in [3.05, 3.63) is 105 Å². The highest BCUT2D eigenvalue weighted by molar-refractivity contribution is 6.23. The molecule has 0 unspecified atom stereocenters. The summed E-state index contributed by atoms with van der Waals surface area (Å²) < 4.78 is 0. The number of amides is 3. The lowest BCUT2D eigenvalue weighted by Crippen LogP contribution is -2.48. The van der Waals surface area contributed by atoms with Crippen LogP contribution in [0.4, 0.5) is 11.4 Å². The largest absolute Gasteiger partial charge is 0.324 e. The molecular weight excluding hydrogens is 410 g/mol. The number of nitro benzene ring substituents is 1. The molecule has 0 spiro atoms. The van der Waals surface area contributed by atoms with Crippen LogP contribution < -0.4 is 5.32 Å². The number of carbonyl (C=O) groups excluding carboxylic acids is 3. The summed E-state index contributed by atoms with van der Waals surface area (Å²) in [5.74, 6) is -1.61. The lowest BCUT2D eigenvalue weighted by molar-refractivity contribution is -0.384. The van der Waals surface area contributed by atoms with E-state index in [2.05, 4.69) is 5.32 Å². The van der Waals surface area contributed by atoms with Crippen molar-refractivity contribution in [1.29, 1.82) is 0 Å². The summed E-state index contributed by atoms with van der Waals surface area (Å²) in [5, 5.41) is 13.7. The zero-order valence-corrected chi connectivity index (χ0v) is 17.1. The molecule has 8 nitrogen and oxygen atoms in total. The maximum Gasteiger partial charge on any atom is 0.269 e. The quantitative estimate of drug-likeness (QED) is 0.365. The Bertz CT molecular complexity index is 1200. The van der Waals surface area contributed by atoms with Gasteiger partial charge >= 0.3 is 0 Å². The number of imide groups is 1. The second kappa shape index (κ2) is 8.43. The van der Waals surface area contributed by atoms with Crippen LogP contribution >= 0.6 is 0 Å². The van der Waals surface area contributed by atoms with Crippen molar-refractivity contribution in [3.63, 3.8) is 0 Å². The van der Waals surface area contributed by atoms with E-state index < -0.39 is 28.7 Å². The molecule has 0 aromatic heterocycles. The molecular formula is C24H19N3O5. The molecule has 0 aliphatic carbocycles. The molecule has 160 valence electrons. The third-order valence-electron chi connectivity index (χ3n) is 5.39. The minimum Gasteiger partial charge on any atom is -0.324 e. The van der Waals surface area contributed by atoms with Gasteiger partial charge in [0, 0.05) is 24.2 Å². The first kappa shape index (κ1) is 20.9. The molecule has 0 saturated heterocycles. The first-order valence-electron chi connectivity index (χ1n) is 9.93. The Hall–Kier alpha value is -4.33. The number of nitro groups is 1. The summed E-state index contributed by atoms with van der Waals surface area (Å²) in [7, 11) is 0. The summed E-state index contributed by atoms with van der Waals surface area (Å²) in [6, 6.07) is 18.5. The zero-order valence-electron chi connectivity index (χ0n) is 17.1. The van der Waals surface area contributed by atoms with E-state index in [0.29, 0.717) is 11.3 Å². The van der Waals surface area contributed by atoms with Gasteiger partial charge in [0.15, 0.2) is 0 Å². The van der Waals surface area contributed by atoms with Gasteiger partial charge in [0.1, 0.15) is 6.04 Å². The summed E-state index contributed by atoms with van der Waals surface area (Å²) in [6.07, 6.45) is 0.129. The van der Waals surface area contributed by atoms with Gasteiger partial charge < -0.3 is 5.32 Å². The van der Waals surface area contributed by atoms with Crippen molar-refractivity contribution in [2.75, 3.05) is 5.32 Å². The highest BCUT2D eigenvalue weighted by Crippen LogP contribution is 2.27. The van der Waals surface area contributed by atoms with E-state index in [9.17, 15) is 24.5 Å². The lowest BCUT2D eigenvalue weighted by Gasteiger charge is -2.26. The molecule has 0 bridgehead atoms. The molecule has 1 heterocycles. The molecule has 1 N–H and O–H groups in total. The van der Waals surface area contributed by atoms with Gasteiger partial charge in [-0.15, -0.1) is 0 Å². The molecule has 3 aromatic rings. The summed E-state index contributed by atoms with van der Waals surface area (Å²) in [6.45, 7) is 1.64. The fourth-order valence-corrected chi connectivity index (χ4v) is 3.75. The maximum absolute atomic E-state index is 13.3. The minimum atomic E-state index is -1.10. The number of carbonyl (C=O) groups is 3. The first-order valence-corrected chi connectivity index (χ1v) is 9.93. The van der Waals surface area contributed by atoms with E-state index in [1.165, 1.54) is 18.2 Å². The van der Waals surface area contributed by atoms with Gasteiger partial charge in [-0.1, -0.05) is 42.5 Å². The molecule has 32 heavy (non-hydrogen) atoms. The smallest absolute Gasteiger partial charge is 0.269 e. The molecule has 8 heteroatoms. The van der Waals surface area contributed by atoms with Gasteiger partial charge in [0.2, 0.25) is 5.91 Å². The first-order chi connectivity index (χ1) is 15.4. The number of hydrogen-bond acceptors (Lipinski definition) is 5. The van der Waals surface area contributed by atoms with Crippen LogP contribution in [0.1, 0.15) is 31.8 Å². The monoisotopic (exact) mass is 429 g/mol. The molecule has 0 radical (unpaired) electrons. The molecule has 1 aliphatic heterocycles. The highest BCUT2D eigenvalue weighted by atomic mass is 16.6. The van der Waals surface area contributed by atoms with Crippen LogP contribution in [0, 0.1) is 17.0 Å². The van der Waals surface area contributed by atoms with Crippen LogP contribution in [0.25, 0.3) is 0 Å². The Labute approximate surface area is 183 Å². The van der Waals surface area contributed by atoms with Crippen molar-refractivity contribution < 1.29 is 19.3 Å².